The Hall–Kier alpha value is -0.930. The van der Waals surface area contributed by atoms with Crippen LogP contribution in [0.1, 0.15) is 84.0 Å². The van der Waals surface area contributed by atoms with Crippen LogP contribution in [-0.4, -0.2) is 116 Å². The van der Waals surface area contributed by atoms with E-state index in [1.54, 1.807) is 0 Å². The fourth-order valence-corrected chi connectivity index (χ4v) is 4.75. The summed E-state index contributed by atoms with van der Waals surface area (Å²) in [5.74, 6) is -0.648. The first kappa shape index (κ1) is 33.3. The van der Waals surface area contributed by atoms with Crippen molar-refractivity contribution < 1.29 is 59.5 Å². The van der Waals surface area contributed by atoms with Gasteiger partial charge in [0, 0.05) is 6.42 Å². The smallest absolute Gasteiger partial charge is 0.306 e. The second kappa shape index (κ2) is 17.7. The standard InChI is InChI=1S/C26H48O12/c1-2-3-4-5-6-7-8-9-10-11-12-13-18(29)37-24-22(33)20(31)17(15-28)36-26(24)38-25-23(34)21(32)19(30)16(14-27)35-25/h16-17,19-28,30-34H,2-15H2,1H3/t16-,17-,19-,20-,21+,22+,23-,24-,25-,26-/m1/s1. The maximum atomic E-state index is 12.5. The van der Waals surface area contributed by atoms with Gasteiger partial charge in [-0.25, -0.2) is 0 Å². The third-order valence-electron chi connectivity index (χ3n) is 7.19. The minimum absolute atomic E-state index is 0.0759. The second-order valence-electron chi connectivity index (χ2n) is 10.3. The van der Waals surface area contributed by atoms with Gasteiger partial charge in [0.1, 0.15) is 42.7 Å². The normalized spacial score (nSPS) is 35.8. The molecule has 0 aromatic heterocycles. The summed E-state index contributed by atoms with van der Waals surface area (Å²) in [5.41, 5.74) is 0. The first-order valence-corrected chi connectivity index (χ1v) is 14.0. The van der Waals surface area contributed by atoms with Gasteiger partial charge in [0.05, 0.1) is 13.2 Å². The van der Waals surface area contributed by atoms with E-state index >= 15 is 0 Å². The first-order chi connectivity index (χ1) is 18.2. The molecule has 2 heterocycles. The number of hydrogen-bond acceptors (Lipinski definition) is 12. The number of unbranched alkanes of at least 4 members (excludes halogenated alkanes) is 10. The van der Waals surface area contributed by atoms with Crippen LogP contribution in [0.2, 0.25) is 0 Å². The molecular weight excluding hydrogens is 504 g/mol. The molecule has 2 aliphatic rings. The molecule has 0 saturated carbocycles. The Balaban J connectivity index is 1.83. The lowest BCUT2D eigenvalue weighted by atomic mass is 9.98. The largest absolute Gasteiger partial charge is 0.454 e. The minimum atomic E-state index is -1.76. The van der Waals surface area contributed by atoms with Crippen molar-refractivity contribution in [1.29, 1.82) is 0 Å². The van der Waals surface area contributed by atoms with Crippen molar-refractivity contribution in [2.75, 3.05) is 13.2 Å². The predicted molar refractivity (Wildman–Crippen MR) is 134 cm³/mol. The second-order valence-corrected chi connectivity index (χ2v) is 10.3. The van der Waals surface area contributed by atoms with Gasteiger partial charge in [0.15, 0.2) is 12.4 Å². The maximum absolute atomic E-state index is 12.5. The molecule has 0 aromatic rings. The molecule has 7 N–H and O–H groups in total. The van der Waals surface area contributed by atoms with E-state index in [2.05, 4.69) is 6.92 Å². The Morgan fingerprint density at radius 2 is 1.11 bits per heavy atom. The molecule has 0 bridgehead atoms. The molecule has 2 fully saturated rings. The average Bonchev–Trinajstić information content (AvgIpc) is 2.91. The monoisotopic (exact) mass is 552 g/mol. The number of aliphatic hydroxyl groups excluding tert-OH is 7. The molecule has 0 aliphatic carbocycles. The fourth-order valence-electron chi connectivity index (χ4n) is 4.75. The van der Waals surface area contributed by atoms with Gasteiger partial charge in [-0.3, -0.25) is 4.79 Å². The molecule has 10 atom stereocenters. The first-order valence-electron chi connectivity index (χ1n) is 14.0. The molecule has 12 heteroatoms. The highest BCUT2D eigenvalue weighted by Gasteiger charge is 2.51. The van der Waals surface area contributed by atoms with E-state index in [-0.39, 0.29) is 6.42 Å². The number of aliphatic hydroxyl groups is 7. The maximum Gasteiger partial charge on any atom is 0.306 e. The Kier molecular flexibility index (Phi) is 15.5. The van der Waals surface area contributed by atoms with E-state index in [0.29, 0.717) is 6.42 Å². The highest BCUT2D eigenvalue weighted by atomic mass is 16.8. The number of rotatable bonds is 17. The van der Waals surface area contributed by atoms with Crippen LogP contribution in [0.5, 0.6) is 0 Å². The van der Waals surface area contributed by atoms with Gasteiger partial charge in [0.2, 0.25) is 6.29 Å². The lowest BCUT2D eigenvalue weighted by molar-refractivity contribution is -0.376. The van der Waals surface area contributed by atoms with Gasteiger partial charge in [-0.05, 0) is 6.42 Å². The van der Waals surface area contributed by atoms with Gasteiger partial charge in [-0.15, -0.1) is 0 Å². The van der Waals surface area contributed by atoms with Gasteiger partial charge in [-0.1, -0.05) is 71.1 Å². The summed E-state index contributed by atoms with van der Waals surface area (Å²) in [6.07, 6.45) is -3.31. The third kappa shape index (κ3) is 9.92. The van der Waals surface area contributed by atoms with Crippen LogP contribution in [0.4, 0.5) is 0 Å². The summed E-state index contributed by atoms with van der Waals surface area (Å²) >= 11 is 0. The molecule has 0 aromatic carbocycles. The summed E-state index contributed by atoms with van der Waals surface area (Å²) in [5, 5.41) is 69.9. The molecule has 0 amide bonds. The summed E-state index contributed by atoms with van der Waals surface area (Å²) in [6, 6.07) is 0. The van der Waals surface area contributed by atoms with Crippen LogP contribution >= 0.6 is 0 Å². The van der Waals surface area contributed by atoms with E-state index in [0.717, 1.165) is 19.3 Å². The topological polar surface area (TPSA) is 196 Å². The van der Waals surface area contributed by atoms with Crippen LogP contribution in [0.3, 0.4) is 0 Å². The number of carbonyl (C=O) groups excluding carboxylic acids is 1. The number of carbonyl (C=O) groups is 1. The molecular formula is C26H48O12. The SMILES string of the molecule is CCCCCCCCCCCCCC(=O)O[C@H]1[C@@H](O[C@H]2O[C@H](CO)[C@@H](O)[C@H](O)[C@H]2O)O[C@H](CO)[C@@H](O)[C@@H]1O. The number of ether oxygens (including phenoxy) is 4. The van der Waals surface area contributed by atoms with Gasteiger partial charge >= 0.3 is 5.97 Å². The van der Waals surface area contributed by atoms with Crippen molar-refractivity contribution >= 4 is 5.97 Å². The number of esters is 1. The van der Waals surface area contributed by atoms with Crippen LogP contribution < -0.4 is 0 Å². The van der Waals surface area contributed by atoms with Crippen LogP contribution in [0.15, 0.2) is 0 Å². The van der Waals surface area contributed by atoms with Gasteiger partial charge in [0.25, 0.3) is 0 Å². The quantitative estimate of drug-likeness (QED) is 0.0933. The van der Waals surface area contributed by atoms with Crippen molar-refractivity contribution in [2.24, 2.45) is 0 Å². The Labute approximate surface area is 224 Å². The van der Waals surface area contributed by atoms with Gasteiger partial charge < -0.3 is 54.7 Å². The number of hydrogen-bond donors (Lipinski definition) is 7. The molecule has 224 valence electrons. The van der Waals surface area contributed by atoms with Crippen molar-refractivity contribution in [3.63, 3.8) is 0 Å². The molecule has 2 saturated heterocycles. The molecule has 38 heavy (non-hydrogen) atoms. The fraction of sp³-hybridized carbons (Fsp3) is 0.962. The molecule has 2 rings (SSSR count). The molecule has 0 spiro atoms. The summed E-state index contributed by atoms with van der Waals surface area (Å²) in [4.78, 5) is 12.5. The zero-order chi connectivity index (χ0) is 28.1. The highest BCUT2D eigenvalue weighted by Crippen LogP contribution is 2.29. The minimum Gasteiger partial charge on any atom is -0.454 e. The van der Waals surface area contributed by atoms with E-state index in [1.165, 1.54) is 44.9 Å². The van der Waals surface area contributed by atoms with Crippen molar-refractivity contribution in [2.45, 2.75) is 145 Å². The van der Waals surface area contributed by atoms with E-state index in [9.17, 15) is 40.5 Å². The van der Waals surface area contributed by atoms with Crippen LogP contribution in [0, 0.1) is 0 Å². The highest BCUT2D eigenvalue weighted by molar-refractivity contribution is 5.69. The van der Waals surface area contributed by atoms with E-state index < -0.39 is 80.6 Å². The third-order valence-corrected chi connectivity index (χ3v) is 7.19. The molecule has 0 radical (unpaired) electrons. The molecule has 2 aliphatic heterocycles. The van der Waals surface area contributed by atoms with Crippen molar-refractivity contribution in [1.82, 2.24) is 0 Å². The summed E-state index contributed by atoms with van der Waals surface area (Å²) in [6.45, 7) is 0.827. The molecule has 0 unspecified atom stereocenters. The van der Waals surface area contributed by atoms with E-state index in [4.69, 9.17) is 18.9 Å². The Bertz CT molecular complexity index is 650. The van der Waals surface area contributed by atoms with Gasteiger partial charge in [-0.2, -0.15) is 0 Å². The van der Waals surface area contributed by atoms with E-state index in [1.807, 2.05) is 0 Å². The summed E-state index contributed by atoms with van der Waals surface area (Å²) in [7, 11) is 0. The average molecular weight is 553 g/mol. The predicted octanol–water partition coefficient (Wildman–Crippen LogP) is -0.145. The molecule has 12 nitrogen and oxygen atoms in total. The van der Waals surface area contributed by atoms with Crippen molar-refractivity contribution in [3.8, 4) is 0 Å². The lowest BCUT2D eigenvalue weighted by Crippen LogP contribution is -2.64. The zero-order valence-electron chi connectivity index (χ0n) is 22.3. The van der Waals surface area contributed by atoms with Crippen LogP contribution in [0.25, 0.3) is 0 Å². The summed E-state index contributed by atoms with van der Waals surface area (Å²) < 4.78 is 21.7. The van der Waals surface area contributed by atoms with Crippen LogP contribution in [-0.2, 0) is 23.7 Å². The Morgan fingerprint density at radius 3 is 1.63 bits per heavy atom. The lowest BCUT2D eigenvalue weighted by Gasteiger charge is -2.45. The zero-order valence-corrected chi connectivity index (χ0v) is 22.3. The Morgan fingerprint density at radius 1 is 0.632 bits per heavy atom. The van der Waals surface area contributed by atoms with Crippen molar-refractivity contribution in [3.05, 3.63) is 0 Å².